The summed E-state index contributed by atoms with van der Waals surface area (Å²) in [7, 11) is 0. The van der Waals surface area contributed by atoms with Crippen molar-refractivity contribution in [2.45, 2.75) is 6.92 Å². The molecule has 0 aliphatic heterocycles. The van der Waals surface area contributed by atoms with Gasteiger partial charge in [-0.05, 0) is 25.1 Å². The maximum Gasteiger partial charge on any atom is 0.288 e. The number of hydrogen-bond donors (Lipinski definition) is 2. The molecule has 2 aromatic carbocycles. The van der Waals surface area contributed by atoms with Gasteiger partial charge < -0.3 is 5.32 Å². The van der Waals surface area contributed by atoms with E-state index in [4.69, 9.17) is 11.6 Å². The molecule has 0 bridgehead atoms. The molecule has 0 aliphatic rings. The number of amides is 1. The maximum atomic E-state index is 11.8. The molecule has 0 atom stereocenters. The Balaban J connectivity index is 1.97. The van der Waals surface area contributed by atoms with Crippen molar-refractivity contribution >= 4 is 34.6 Å². The smallest absolute Gasteiger partial charge is 0.288 e. The van der Waals surface area contributed by atoms with Gasteiger partial charge in [0.15, 0.2) is 0 Å². The predicted octanol–water partition coefficient (Wildman–Crippen LogP) is 3.20. The predicted molar refractivity (Wildman–Crippen MR) is 93.4 cm³/mol. The molecule has 0 saturated carbocycles. The zero-order valence-corrected chi connectivity index (χ0v) is 13.6. The molecule has 0 heterocycles. The highest BCUT2D eigenvalue weighted by Crippen LogP contribution is 2.25. The van der Waals surface area contributed by atoms with E-state index in [-0.39, 0.29) is 23.2 Å². The highest BCUT2D eigenvalue weighted by atomic mass is 35.5. The second-order valence-corrected chi connectivity index (χ2v) is 5.28. The number of nitrogens with zero attached hydrogens (tertiary/aromatic N) is 2. The van der Waals surface area contributed by atoms with Crippen LogP contribution in [-0.2, 0) is 4.79 Å². The molecule has 2 N–H and O–H groups in total. The Kier molecular flexibility index (Phi) is 5.86. The van der Waals surface area contributed by atoms with E-state index in [1.807, 2.05) is 30.3 Å². The molecule has 0 saturated heterocycles. The van der Waals surface area contributed by atoms with Crippen molar-refractivity contribution in [3.8, 4) is 0 Å². The fraction of sp³-hybridized carbons (Fsp3) is 0.125. The fourth-order valence-electron chi connectivity index (χ4n) is 1.87. The number of carbonyl (C=O) groups excluding carboxylic acids is 1. The van der Waals surface area contributed by atoms with Gasteiger partial charge in [-0.1, -0.05) is 35.9 Å². The van der Waals surface area contributed by atoms with E-state index in [1.54, 1.807) is 13.0 Å². The molecule has 124 valence electrons. The van der Waals surface area contributed by atoms with Crippen LogP contribution in [0.5, 0.6) is 0 Å². The van der Waals surface area contributed by atoms with Crippen LogP contribution in [-0.4, -0.2) is 23.1 Å². The lowest BCUT2D eigenvalue weighted by atomic mass is 10.1. The average Bonchev–Trinajstić information content (AvgIpc) is 2.59. The molecular formula is C16H15ClN4O3. The summed E-state index contributed by atoms with van der Waals surface area (Å²) in [6, 6.07) is 13.6. The maximum absolute atomic E-state index is 11.8. The van der Waals surface area contributed by atoms with Gasteiger partial charge in [0.1, 0.15) is 5.02 Å². The normalized spacial score (nSPS) is 11.0. The highest BCUT2D eigenvalue weighted by Gasteiger charge is 2.13. The minimum atomic E-state index is -0.568. The van der Waals surface area contributed by atoms with Crippen LogP contribution in [0, 0.1) is 10.1 Å². The van der Waals surface area contributed by atoms with E-state index in [1.165, 1.54) is 12.1 Å². The van der Waals surface area contributed by atoms with Gasteiger partial charge in [0, 0.05) is 17.3 Å². The number of nitro groups is 1. The third kappa shape index (κ3) is 4.79. The van der Waals surface area contributed by atoms with E-state index in [0.29, 0.717) is 11.3 Å². The summed E-state index contributed by atoms with van der Waals surface area (Å²) in [6.45, 7) is 1.69. The highest BCUT2D eigenvalue weighted by molar-refractivity contribution is 6.32. The van der Waals surface area contributed by atoms with Gasteiger partial charge in [-0.3, -0.25) is 14.9 Å². The number of hydrazone groups is 1. The summed E-state index contributed by atoms with van der Waals surface area (Å²) in [5, 5.41) is 17.8. The Morgan fingerprint density at radius 3 is 2.62 bits per heavy atom. The first-order valence-electron chi connectivity index (χ1n) is 7.03. The first kappa shape index (κ1) is 17.4. The van der Waals surface area contributed by atoms with Crippen LogP contribution < -0.4 is 10.7 Å². The first-order chi connectivity index (χ1) is 11.5. The molecule has 0 fully saturated rings. The van der Waals surface area contributed by atoms with Crippen molar-refractivity contribution in [3.63, 3.8) is 0 Å². The average molecular weight is 347 g/mol. The van der Waals surface area contributed by atoms with E-state index in [9.17, 15) is 14.9 Å². The van der Waals surface area contributed by atoms with Crippen molar-refractivity contribution in [3.05, 3.63) is 69.2 Å². The van der Waals surface area contributed by atoms with Gasteiger partial charge in [-0.15, -0.1) is 0 Å². The van der Waals surface area contributed by atoms with E-state index >= 15 is 0 Å². The van der Waals surface area contributed by atoms with Gasteiger partial charge in [0.25, 0.3) is 11.6 Å². The van der Waals surface area contributed by atoms with Gasteiger partial charge in [0.05, 0.1) is 17.2 Å². The number of benzene rings is 2. The Morgan fingerprint density at radius 2 is 1.96 bits per heavy atom. The molecule has 24 heavy (non-hydrogen) atoms. The molecule has 0 aliphatic carbocycles. The van der Waals surface area contributed by atoms with Crippen LogP contribution in [0.3, 0.4) is 0 Å². The van der Waals surface area contributed by atoms with Crippen LogP contribution in [0.25, 0.3) is 0 Å². The minimum absolute atomic E-state index is 0.0487. The molecule has 0 radical (unpaired) electrons. The van der Waals surface area contributed by atoms with Crippen molar-refractivity contribution in [2.75, 3.05) is 11.9 Å². The summed E-state index contributed by atoms with van der Waals surface area (Å²) in [4.78, 5) is 22.1. The van der Waals surface area contributed by atoms with Crippen molar-refractivity contribution < 1.29 is 9.72 Å². The second-order valence-electron chi connectivity index (χ2n) is 4.88. The molecule has 8 heteroatoms. The summed E-state index contributed by atoms with van der Waals surface area (Å²) >= 11 is 5.76. The summed E-state index contributed by atoms with van der Waals surface area (Å²) in [5.74, 6) is -0.332. The zero-order chi connectivity index (χ0) is 17.5. The van der Waals surface area contributed by atoms with Crippen LogP contribution in [0.15, 0.2) is 53.6 Å². The Bertz CT molecular complexity index is 778. The molecular weight excluding hydrogens is 332 g/mol. The molecule has 1 amide bonds. The second kappa shape index (κ2) is 8.07. The number of hydrogen-bond acceptors (Lipinski definition) is 5. The lowest BCUT2D eigenvalue weighted by Gasteiger charge is -2.06. The van der Waals surface area contributed by atoms with Gasteiger partial charge >= 0.3 is 0 Å². The van der Waals surface area contributed by atoms with Crippen molar-refractivity contribution in [1.29, 1.82) is 0 Å². The lowest BCUT2D eigenvalue weighted by Crippen LogP contribution is -2.26. The zero-order valence-electron chi connectivity index (χ0n) is 12.8. The molecule has 2 rings (SSSR count). The van der Waals surface area contributed by atoms with Crippen LogP contribution in [0.2, 0.25) is 5.02 Å². The third-order valence-electron chi connectivity index (χ3n) is 3.14. The van der Waals surface area contributed by atoms with Crippen LogP contribution in [0.4, 0.5) is 11.4 Å². The molecule has 2 aromatic rings. The lowest BCUT2D eigenvalue weighted by molar-refractivity contribution is -0.384. The number of rotatable bonds is 6. The van der Waals surface area contributed by atoms with Crippen LogP contribution >= 0.6 is 11.6 Å². The quantitative estimate of drug-likeness (QED) is 0.477. The minimum Gasteiger partial charge on any atom is -0.376 e. The standard InChI is InChI=1S/C16H15ClN4O3/c1-11(12-7-8-14(17)15(9-12)21(23)24)19-20-16(22)10-18-13-5-3-2-4-6-13/h2-9,18H,10H2,1H3,(H,20,22)/b19-11-. The summed E-state index contributed by atoms with van der Waals surface area (Å²) in [5.41, 5.74) is 3.95. The van der Waals surface area contributed by atoms with E-state index < -0.39 is 4.92 Å². The molecule has 7 nitrogen and oxygen atoms in total. The summed E-state index contributed by atoms with van der Waals surface area (Å²) < 4.78 is 0. The SMILES string of the molecule is C/C(=N/NC(=O)CNc1ccccc1)c1ccc(Cl)c([N+](=O)[O-])c1. The van der Waals surface area contributed by atoms with Gasteiger partial charge in [0.2, 0.25) is 0 Å². The molecule has 0 aromatic heterocycles. The number of para-hydroxylation sites is 1. The number of halogens is 1. The Hall–Kier alpha value is -2.93. The van der Waals surface area contributed by atoms with Crippen LogP contribution in [0.1, 0.15) is 12.5 Å². The molecule has 0 unspecified atom stereocenters. The number of nitrogens with one attached hydrogen (secondary N) is 2. The largest absolute Gasteiger partial charge is 0.376 e. The third-order valence-corrected chi connectivity index (χ3v) is 3.46. The number of nitro benzene ring substituents is 1. The van der Waals surface area contributed by atoms with E-state index in [2.05, 4.69) is 15.8 Å². The first-order valence-corrected chi connectivity index (χ1v) is 7.41. The molecule has 0 spiro atoms. The fourth-order valence-corrected chi connectivity index (χ4v) is 2.05. The summed E-state index contributed by atoms with van der Waals surface area (Å²) in [6.07, 6.45) is 0. The monoisotopic (exact) mass is 346 g/mol. The van der Waals surface area contributed by atoms with Gasteiger partial charge in [-0.2, -0.15) is 5.10 Å². The van der Waals surface area contributed by atoms with Crippen molar-refractivity contribution in [1.82, 2.24) is 5.43 Å². The van der Waals surface area contributed by atoms with E-state index in [0.717, 1.165) is 5.69 Å². The Labute approximate surface area is 143 Å². The van der Waals surface area contributed by atoms with Gasteiger partial charge in [-0.25, -0.2) is 5.43 Å². The topological polar surface area (TPSA) is 96.6 Å². The number of carbonyl (C=O) groups is 1. The van der Waals surface area contributed by atoms with Crippen molar-refractivity contribution in [2.24, 2.45) is 5.10 Å². The Morgan fingerprint density at radius 1 is 1.25 bits per heavy atom. The number of anilines is 1.